The topological polar surface area (TPSA) is 294 Å². The highest BCUT2D eigenvalue weighted by Gasteiger charge is 2.57. The number of nitrogens with one attached hydrogen (secondary N) is 1. The van der Waals surface area contributed by atoms with Crippen molar-refractivity contribution in [3.63, 3.8) is 0 Å². The maximum atomic E-state index is 13.7. The van der Waals surface area contributed by atoms with Gasteiger partial charge in [0, 0.05) is 48.4 Å². The van der Waals surface area contributed by atoms with E-state index in [4.69, 9.17) is 32.5 Å². The fraction of sp³-hybridized carbons (Fsp3) is 0.256. The Labute approximate surface area is 349 Å². The number of ether oxygens (including phenoxy) is 5. The second kappa shape index (κ2) is 17.1. The molecule has 4 aromatic carbocycles. The second-order valence-corrected chi connectivity index (χ2v) is 14.2. The van der Waals surface area contributed by atoms with Gasteiger partial charge in [0.1, 0.15) is 74.8 Å². The molecule has 19 nitrogen and oxygen atoms in total. The molecule has 0 radical (unpaired) electrons. The normalized spacial score (nSPS) is 19.7. The van der Waals surface area contributed by atoms with Crippen LogP contribution in [0.1, 0.15) is 13.3 Å². The summed E-state index contributed by atoms with van der Waals surface area (Å²) in [6.07, 6.45) is -8.73. The van der Waals surface area contributed by atoms with Crippen molar-refractivity contribution in [1.29, 1.82) is 0 Å². The Balaban J connectivity index is 1.34. The van der Waals surface area contributed by atoms with E-state index in [1.165, 1.54) is 50.6 Å². The molecule has 8 N–H and O–H groups in total. The number of aliphatic hydroxyl groups excluding tert-OH is 4. The summed E-state index contributed by atoms with van der Waals surface area (Å²) < 4.78 is 40.2. The molecule has 3 heterocycles. The van der Waals surface area contributed by atoms with Crippen molar-refractivity contribution < 1.29 is 77.9 Å². The number of carbonyl (C=O) groups is 2. The minimum Gasteiger partial charge on any atom is -0.507 e. The van der Waals surface area contributed by atoms with Crippen LogP contribution in [0.5, 0.6) is 40.2 Å². The van der Waals surface area contributed by atoms with Crippen LogP contribution >= 0.6 is 0 Å². The van der Waals surface area contributed by atoms with Crippen molar-refractivity contribution >= 4 is 33.8 Å². The van der Waals surface area contributed by atoms with Crippen molar-refractivity contribution in [1.82, 2.24) is 5.32 Å². The monoisotopic (exact) mass is 857 g/mol. The molecule has 19 heteroatoms. The Morgan fingerprint density at radius 1 is 0.823 bits per heavy atom. The number of amides is 1. The van der Waals surface area contributed by atoms with Crippen LogP contribution in [-0.4, -0.2) is 105 Å². The van der Waals surface area contributed by atoms with Crippen LogP contribution in [0, 0.1) is 0 Å². The summed E-state index contributed by atoms with van der Waals surface area (Å²) in [6, 6.07) is 16.6. The zero-order valence-corrected chi connectivity index (χ0v) is 32.9. The van der Waals surface area contributed by atoms with Crippen molar-refractivity contribution in [3.8, 4) is 62.9 Å². The first-order valence-electron chi connectivity index (χ1n) is 18.7. The maximum absolute atomic E-state index is 13.7. The van der Waals surface area contributed by atoms with E-state index in [9.17, 15) is 54.9 Å². The smallest absolute Gasteiger partial charge is 0.377 e. The van der Waals surface area contributed by atoms with Crippen LogP contribution in [0.2, 0.25) is 0 Å². The van der Waals surface area contributed by atoms with Gasteiger partial charge in [-0.05, 0) is 48.5 Å². The molecule has 1 aliphatic heterocycles. The predicted molar refractivity (Wildman–Crippen MR) is 216 cm³/mol. The molecule has 2 unspecified atom stereocenters. The molecule has 1 saturated heterocycles. The summed E-state index contributed by atoms with van der Waals surface area (Å²) in [5, 5.41) is 76.8. The lowest BCUT2D eigenvalue weighted by molar-refractivity contribution is -0.284. The average molecular weight is 858 g/mol. The molecule has 2 aromatic heterocycles. The SMILES string of the molecule is COc1ccc(-c2cc(=O)c3c(O)c(Oc4ccc(-c5cc(=O)c6c(O)cc(OC)cc6o5)cc4)c(O[C@]4(C(=O)O)C[C@H](O)[C@@H](NC(C)=O)[C@H](C(O)C(O)CO)O4)cc3o2)cc1. The van der Waals surface area contributed by atoms with Gasteiger partial charge in [-0.1, -0.05) is 0 Å². The first-order chi connectivity index (χ1) is 29.6. The van der Waals surface area contributed by atoms with E-state index in [1.807, 2.05) is 0 Å². The fourth-order valence-corrected chi connectivity index (χ4v) is 7.05. The van der Waals surface area contributed by atoms with E-state index in [2.05, 4.69) is 5.32 Å². The summed E-state index contributed by atoms with van der Waals surface area (Å²) in [5.74, 6) is -7.30. The standard InChI is InChI=1S/C43H39NO18/c1-19(46)44-37-28(50)17-43(42(54)55,62-41(37)38(52)29(51)18-45)61-34-16-33-36(27(49)15-31(60-33)20-4-8-22(56-2)9-5-20)39(53)40(34)58-23-10-6-21(7-11-23)30-14-26(48)35-25(47)12-24(57-3)13-32(35)59-30/h4-16,28-29,37-38,41,45,47,50-53H,17-18H2,1-3H3,(H,44,46)(H,54,55)/t28-,29?,37+,38?,41+,43+/m0/s1. The van der Waals surface area contributed by atoms with Gasteiger partial charge in [-0.3, -0.25) is 14.4 Å². The van der Waals surface area contributed by atoms with E-state index in [0.29, 0.717) is 16.9 Å². The lowest BCUT2D eigenvalue weighted by Crippen LogP contribution is -2.68. The van der Waals surface area contributed by atoms with Gasteiger partial charge >= 0.3 is 11.8 Å². The van der Waals surface area contributed by atoms with E-state index in [1.54, 1.807) is 24.3 Å². The number of rotatable bonds is 13. The summed E-state index contributed by atoms with van der Waals surface area (Å²) in [7, 11) is 2.84. The van der Waals surface area contributed by atoms with Gasteiger partial charge in [0.05, 0.1) is 39.4 Å². The number of hydrogen-bond donors (Lipinski definition) is 8. The number of aliphatic hydroxyl groups is 4. The van der Waals surface area contributed by atoms with E-state index < -0.39 is 94.6 Å². The molecule has 6 atom stereocenters. The highest BCUT2D eigenvalue weighted by Crippen LogP contribution is 2.48. The number of fused-ring (bicyclic) bond motifs is 2. The fourth-order valence-electron chi connectivity index (χ4n) is 7.05. The molecule has 1 fully saturated rings. The largest absolute Gasteiger partial charge is 0.507 e. The van der Waals surface area contributed by atoms with Crippen LogP contribution in [-0.2, 0) is 14.3 Å². The number of aliphatic carboxylic acids is 1. The summed E-state index contributed by atoms with van der Waals surface area (Å²) >= 11 is 0. The van der Waals surface area contributed by atoms with E-state index >= 15 is 0 Å². The number of hydrogen-bond acceptors (Lipinski definition) is 17. The third kappa shape index (κ3) is 8.17. The molecule has 0 aliphatic carbocycles. The Kier molecular flexibility index (Phi) is 11.8. The molecular formula is C43H39NO18. The number of carboxylic acids is 1. The van der Waals surface area contributed by atoms with E-state index in [0.717, 1.165) is 25.1 Å². The molecule has 0 spiro atoms. The highest BCUT2D eigenvalue weighted by molar-refractivity contribution is 5.90. The summed E-state index contributed by atoms with van der Waals surface area (Å²) in [4.78, 5) is 51.9. The van der Waals surface area contributed by atoms with Crippen LogP contribution in [0.3, 0.4) is 0 Å². The molecule has 62 heavy (non-hydrogen) atoms. The van der Waals surface area contributed by atoms with Crippen LogP contribution in [0.25, 0.3) is 44.6 Å². The van der Waals surface area contributed by atoms with Crippen LogP contribution < -0.4 is 35.1 Å². The summed E-state index contributed by atoms with van der Waals surface area (Å²) in [6.45, 7) is 0.0536. The highest BCUT2D eigenvalue weighted by atomic mass is 16.7. The molecule has 324 valence electrons. The van der Waals surface area contributed by atoms with Gasteiger partial charge in [-0.25, -0.2) is 4.79 Å². The number of aromatic hydroxyl groups is 2. The molecule has 6 aromatic rings. The molecular weight excluding hydrogens is 818 g/mol. The predicted octanol–water partition coefficient (Wildman–Crippen LogP) is 2.98. The van der Waals surface area contributed by atoms with Crippen LogP contribution in [0.4, 0.5) is 0 Å². The first kappa shape index (κ1) is 42.9. The van der Waals surface area contributed by atoms with Gasteiger partial charge in [-0.2, -0.15) is 0 Å². The Hall–Kier alpha value is -7.16. The lowest BCUT2D eigenvalue weighted by atomic mass is 9.88. The third-order valence-corrected chi connectivity index (χ3v) is 10.1. The van der Waals surface area contributed by atoms with Gasteiger partial charge in [0.15, 0.2) is 22.4 Å². The number of phenols is 2. The molecule has 0 saturated carbocycles. The molecule has 0 bridgehead atoms. The van der Waals surface area contributed by atoms with Gasteiger partial charge in [0.2, 0.25) is 11.7 Å². The first-order valence-corrected chi connectivity index (χ1v) is 18.7. The third-order valence-electron chi connectivity index (χ3n) is 10.1. The number of carboxylic acid groups (broad SMARTS) is 1. The molecule has 7 rings (SSSR count). The zero-order valence-electron chi connectivity index (χ0n) is 32.9. The van der Waals surface area contributed by atoms with Crippen molar-refractivity contribution in [2.45, 2.75) is 49.6 Å². The summed E-state index contributed by atoms with van der Waals surface area (Å²) in [5.41, 5.74) is -0.838. The van der Waals surface area contributed by atoms with Crippen molar-refractivity contribution in [3.05, 3.63) is 99.3 Å². The van der Waals surface area contributed by atoms with Crippen molar-refractivity contribution in [2.75, 3.05) is 20.8 Å². The Morgan fingerprint density at radius 3 is 1.94 bits per heavy atom. The second-order valence-electron chi connectivity index (χ2n) is 14.2. The number of phenolic OH excluding ortho intramolecular Hbond substituents is 2. The number of carbonyl (C=O) groups excluding carboxylic acids is 1. The molecule has 1 amide bonds. The Bertz CT molecular complexity index is 2780. The quantitative estimate of drug-likeness (QED) is 0.0828. The number of methoxy groups -OCH3 is 2. The average Bonchev–Trinajstić information content (AvgIpc) is 3.24. The van der Waals surface area contributed by atoms with E-state index in [-0.39, 0.29) is 45.3 Å². The zero-order chi connectivity index (χ0) is 44.6. The minimum absolute atomic E-state index is 0.0189. The Morgan fingerprint density at radius 2 is 1.39 bits per heavy atom. The molecule has 1 aliphatic rings. The number of benzene rings is 4. The van der Waals surface area contributed by atoms with Gasteiger partial charge < -0.3 is 73.6 Å². The maximum Gasteiger partial charge on any atom is 0.377 e. The van der Waals surface area contributed by atoms with Crippen molar-refractivity contribution in [2.24, 2.45) is 0 Å². The van der Waals surface area contributed by atoms with Crippen LogP contribution in [0.15, 0.2) is 97.3 Å². The minimum atomic E-state index is -2.98. The van der Waals surface area contributed by atoms with Gasteiger partial charge in [0.25, 0.3) is 0 Å². The van der Waals surface area contributed by atoms with Gasteiger partial charge in [-0.15, -0.1) is 0 Å². The lowest BCUT2D eigenvalue weighted by Gasteiger charge is -2.46.